The van der Waals surface area contributed by atoms with Crippen molar-refractivity contribution in [2.75, 3.05) is 6.54 Å². The summed E-state index contributed by atoms with van der Waals surface area (Å²) in [5, 5.41) is 12.2. The number of aryl methyl sites for hydroxylation is 2. The highest BCUT2D eigenvalue weighted by molar-refractivity contribution is 7.11. The normalized spacial score (nSPS) is 15.1. The van der Waals surface area contributed by atoms with Gasteiger partial charge in [0, 0.05) is 42.2 Å². The highest BCUT2D eigenvalue weighted by Gasteiger charge is 2.13. The third-order valence-corrected chi connectivity index (χ3v) is 4.81. The van der Waals surface area contributed by atoms with Gasteiger partial charge in [0.2, 0.25) is 0 Å². The van der Waals surface area contributed by atoms with Crippen molar-refractivity contribution in [1.82, 2.24) is 20.1 Å². The van der Waals surface area contributed by atoms with Gasteiger partial charge in [-0.2, -0.15) is 0 Å². The van der Waals surface area contributed by atoms with Gasteiger partial charge in [0.15, 0.2) is 0 Å². The van der Waals surface area contributed by atoms with Crippen molar-refractivity contribution in [1.29, 1.82) is 0 Å². The molecule has 0 radical (unpaired) electrons. The zero-order valence-corrected chi connectivity index (χ0v) is 12.9. The van der Waals surface area contributed by atoms with E-state index in [1.54, 1.807) is 0 Å². The second kappa shape index (κ2) is 6.50. The molecule has 4 nitrogen and oxygen atoms in total. The third-order valence-electron chi connectivity index (χ3n) is 3.81. The Kier molecular flexibility index (Phi) is 4.47. The smallest absolute Gasteiger partial charge is 0.134 e. The standard InChI is InChI=1S/C15H22N4S/c1-12-6-7-13(20-12)11-16-9-8-15-18-17-14-5-3-2-4-10-19(14)15/h6-7,16H,2-5,8-11H2,1H3. The van der Waals surface area contributed by atoms with Crippen LogP contribution in [0.25, 0.3) is 0 Å². The van der Waals surface area contributed by atoms with Crippen LogP contribution in [0.15, 0.2) is 12.1 Å². The quantitative estimate of drug-likeness (QED) is 0.861. The number of nitrogens with zero attached hydrogens (tertiary/aromatic N) is 3. The zero-order chi connectivity index (χ0) is 13.8. The highest BCUT2D eigenvalue weighted by atomic mass is 32.1. The molecular weight excluding hydrogens is 268 g/mol. The minimum absolute atomic E-state index is 0.958. The molecule has 1 aliphatic rings. The Hall–Kier alpha value is -1.20. The van der Waals surface area contributed by atoms with Crippen molar-refractivity contribution in [2.24, 2.45) is 0 Å². The Bertz CT molecular complexity index is 558. The Morgan fingerprint density at radius 3 is 3.05 bits per heavy atom. The van der Waals surface area contributed by atoms with Crippen molar-refractivity contribution in [2.45, 2.75) is 52.1 Å². The summed E-state index contributed by atoms with van der Waals surface area (Å²) >= 11 is 1.87. The number of fused-ring (bicyclic) bond motifs is 1. The molecule has 0 fully saturated rings. The van der Waals surface area contributed by atoms with Crippen LogP contribution in [0, 0.1) is 6.92 Å². The third kappa shape index (κ3) is 3.27. The Morgan fingerprint density at radius 1 is 1.25 bits per heavy atom. The second-order valence-electron chi connectivity index (χ2n) is 5.43. The molecule has 3 heterocycles. The van der Waals surface area contributed by atoms with Gasteiger partial charge >= 0.3 is 0 Å². The lowest BCUT2D eigenvalue weighted by molar-refractivity contribution is 0.588. The zero-order valence-electron chi connectivity index (χ0n) is 12.1. The monoisotopic (exact) mass is 290 g/mol. The van der Waals surface area contributed by atoms with Gasteiger partial charge in [-0.05, 0) is 31.9 Å². The Balaban J connectivity index is 1.50. The summed E-state index contributed by atoms with van der Waals surface area (Å²) in [6.45, 7) is 5.18. The summed E-state index contributed by atoms with van der Waals surface area (Å²) in [5.41, 5.74) is 0. The molecule has 0 atom stereocenters. The first-order valence-corrected chi connectivity index (χ1v) is 8.31. The van der Waals surface area contributed by atoms with Crippen LogP contribution in [0.1, 0.15) is 40.7 Å². The van der Waals surface area contributed by atoms with Crippen molar-refractivity contribution in [3.05, 3.63) is 33.5 Å². The second-order valence-corrected chi connectivity index (χ2v) is 6.81. The molecular formula is C15H22N4S. The molecule has 5 heteroatoms. The van der Waals surface area contributed by atoms with Crippen molar-refractivity contribution in [3.63, 3.8) is 0 Å². The number of rotatable bonds is 5. The summed E-state index contributed by atoms with van der Waals surface area (Å²) in [6, 6.07) is 4.39. The maximum atomic E-state index is 4.36. The first-order valence-electron chi connectivity index (χ1n) is 7.50. The van der Waals surface area contributed by atoms with Crippen LogP contribution in [0.2, 0.25) is 0 Å². The average Bonchev–Trinajstić information content (AvgIpc) is 2.94. The van der Waals surface area contributed by atoms with E-state index in [0.29, 0.717) is 0 Å². The summed E-state index contributed by atoms with van der Waals surface area (Å²) in [6.07, 6.45) is 5.90. The molecule has 3 rings (SSSR count). The van der Waals surface area contributed by atoms with Gasteiger partial charge < -0.3 is 9.88 Å². The molecule has 0 spiro atoms. The molecule has 1 N–H and O–H groups in total. The first-order chi connectivity index (χ1) is 9.83. The topological polar surface area (TPSA) is 42.7 Å². The van der Waals surface area contributed by atoms with E-state index in [-0.39, 0.29) is 0 Å². The van der Waals surface area contributed by atoms with Crippen LogP contribution in [-0.4, -0.2) is 21.3 Å². The minimum Gasteiger partial charge on any atom is -0.315 e. The lowest BCUT2D eigenvalue weighted by Crippen LogP contribution is -2.18. The van der Waals surface area contributed by atoms with Gasteiger partial charge in [-0.1, -0.05) is 6.42 Å². The summed E-state index contributed by atoms with van der Waals surface area (Å²) in [4.78, 5) is 2.78. The number of nitrogens with one attached hydrogen (secondary N) is 1. The van der Waals surface area contributed by atoms with Gasteiger partial charge in [0.1, 0.15) is 11.6 Å². The Labute approximate surface area is 124 Å². The number of thiophene rings is 1. The van der Waals surface area contributed by atoms with Crippen LogP contribution in [0.3, 0.4) is 0 Å². The summed E-state index contributed by atoms with van der Waals surface area (Å²) in [5.74, 6) is 2.34. The van der Waals surface area contributed by atoms with Gasteiger partial charge in [0.25, 0.3) is 0 Å². The summed E-state index contributed by atoms with van der Waals surface area (Å²) < 4.78 is 2.34. The fourth-order valence-electron chi connectivity index (χ4n) is 2.72. The van der Waals surface area contributed by atoms with E-state index in [0.717, 1.165) is 38.3 Å². The highest BCUT2D eigenvalue weighted by Crippen LogP contribution is 2.15. The van der Waals surface area contributed by atoms with E-state index in [9.17, 15) is 0 Å². The van der Waals surface area contributed by atoms with Crippen molar-refractivity contribution in [3.8, 4) is 0 Å². The summed E-state index contributed by atoms with van der Waals surface area (Å²) in [7, 11) is 0. The molecule has 0 amide bonds. The van der Waals surface area contributed by atoms with E-state index < -0.39 is 0 Å². The minimum atomic E-state index is 0.958. The van der Waals surface area contributed by atoms with Gasteiger partial charge in [-0.3, -0.25) is 0 Å². The largest absolute Gasteiger partial charge is 0.315 e. The molecule has 2 aromatic heterocycles. The fourth-order valence-corrected chi connectivity index (χ4v) is 3.58. The van der Waals surface area contributed by atoms with E-state index in [1.807, 2.05) is 11.3 Å². The molecule has 1 aliphatic heterocycles. The number of aromatic nitrogens is 3. The van der Waals surface area contributed by atoms with E-state index >= 15 is 0 Å². The van der Waals surface area contributed by atoms with E-state index in [2.05, 4.69) is 39.1 Å². The molecule has 0 unspecified atom stereocenters. The lowest BCUT2D eigenvalue weighted by Gasteiger charge is -2.07. The maximum absolute atomic E-state index is 4.36. The van der Waals surface area contributed by atoms with Crippen LogP contribution in [-0.2, 0) is 25.9 Å². The Morgan fingerprint density at radius 2 is 2.20 bits per heavy atom. The van der Waals surface area contributed by atoms with Crippen molar-refractivity contribution < 1.29 is 0 Å². The van der Waals surface area contributed by atoms with E-state index in [4.69, 9.17) is 0 Å². The molecule has 108 valence electrons. The number of hydrogen-bond acceptors (Lipinski definition) is 4. The van der Waals surface area contributed by atoms with Gasteiger partial charge in [0.05, 0.1) is 0 Å². The molecule has 2 aromatic rings. The lowest BCUT2D eigenvalue weighted by atomic mass is 10.2. The fraction of sp³-hybridized carbons (Fsp3) is 0.600. The molecule has 0 aromatic carbocycles. The first kappa shape index (κ1) is 13.8. The van der Waals surface area contributed by atoms with Crippen LogP contribution < -0.4 is 5.32 Å². The number of hydrogen-bond donors (Lipinski definition) is 1. The molecule has 20 heavy (non-hydrogen) atoms. The van der Waals surface area contributed by atoms with Crippen LogP contribution >= 0.6 is 11.3 Å². The van der Waals surface area contributed by atoms with Crippen LogP contribution in [0.4, 0.5) is 0 Å². The molecule has 0 bridgehead atoms. The predicted molar refractivity (Wildman–Crippen MR) is 82.0 cm³/mol. The molecule has 0 saturated carbocycles. The van der Waals surface area contributed by atoms with Gasteiger partial charge in [-0.15, -0.1) is 21.5 Å². The molecule has 0 saturated heterocycles. The van der Waals surface area contributed by atoms with Crippen molar-refractivity contribution >= 4 is 11.3 Å². The predicted octanol–water partition coefficient (Wildman–Crippen LogP) is 2.71. The SMILES string of the molecule is Cc1ccc(CNCCc2nnc3n2CCCCC3)s1. The van der Waals surface area contributed by atoms with Crippen LogP contribution in [0.5, 0.6) is 0 Å². The van der Waals surface area contributed by atoms with E-state index in [1.165, 1.54) is 34.8 Å². The van der Waals surface area contributed by atoms with Gasteiger partial charge in [-0.25, -0.2) is 0 Å². The molecule has 0 aliphatic carbocycles. The maximum Gasteiger partial charge on any atom is 0.134 e. The average molecular weight is 290 g/mol.